The third-order valence-electron chi connectivity index (χ3n) is 3.11. The molecule has 0 aliphatic carbocycles. The van der Waals surface area contributed by atoms with Crippen LogP contribution in [-0.4, -0.2) is 15.9 Å². The minimum absolute atomic E-state index is 0.128. The highest BCUT2D eigenvalue weighted by atomic mass is 32.2. The molecule has 0 unspecified atom stereocenters. The summed E-state index contributed by atoms with van der Waals surface area (Å²) < 4.78 is 17.7. The van der Waals surface area contributed by atoms with Gasteiger partial charge >= 0.3 is 0 Å². The average Bonchev–Trinajstić information content (AvgIpc) is 2.78. The first-order valence-electron chi connectivity index (χ1n) is 6.17. The summed E-state index contributed by atoms with van der Waals surface area (Å²) in [6.07, 6.45) is 0. The van der Waals surface area contributed by atoms with Crippen LogP contribution in [0.4, 0.5) is 0 Å². The Bertz CT molecular complexity index is 822. The van der Waals surface area contributed by atoms with Crippen LogP contribution in [0.3, 0.4) is 0 Å². The lowest BCUT2D eigenvalue weighted by atomic mass is 10.1. The van der Waals surface area contributed by atoms with E-state index in [9.17, 15) is 9.00 Å². The molecule has 1 heterocycles. The molecule has 3 rings (SSSR count). The topological polar surface area (TPSA) is 73.3 Å². The molecule has 5 heteroatoms. The number of primary amides is 1. The first-order valence-corrected chi connectivity index (χ1v) is 7.66. The van der Waals surface area contributed by atoms with Crippen molar-refractivity contribution in [2.75, 3.05) is 5.75 Å². The van der Waals surface area contributed by atoms with Gasteiger partial charge in [0.05, 0.1) is 5.75 Å². The highest BCUT2D eigenvalue weighted by Crippen LogP contribution is 2.31. The molecular weight excluding hydrogens is 274 g/mol. The van der Waals surface area contributed by atoms with Crippen molar-refractivity contribution >= 4 is 38.6 Å². The standard InChI is InChI=1S/C15H13NO3S/c16-14(17)9-20(18)8-10-4-3-6-12-11-5-1-2-7-13(11)19-15(10)12/h1-7H,8-9H2,(H2,16,17)/t20-/m0/s1. The van der Waals surface area contributed by atoms with Crippen molar-refractivity contribution < 1.29 is 13.4 Å². The number of fused-ring (bicyclic) bond motifs is 3. The lowest BCUT2D eigenvalue weighted by Gasteiger charge is -2.01. The Morgan fingerprint density at radius 1 is 1.10 bits per heavy atom. The van der Waals surface area contributed by atoms with Crippen LogP contribution in [-0.2, 0) is 21.3 Å². The molecule has 0 bridgehead atoms. The van der Waals surface area contributed by atoms with Gasteiger partial charge in [0.1, 0.15) is 16.9 Å². The van der Waals surface area contributed by atoms with Crippen LogP contribution in [0, 0.1) is 0 Å². The number of benzene rings is 2. The fraction of sp³-hybridized carbons (Fsp3) is 0.133. The van der Waals surface area contributed by atoms with Crippen molar-refractivity contribution in [1.82, 2.24) is 0 Å². The lowest BCUT2D eigenvalue weighted by molar-refractivity contribution is -0.115. The monoisotopic (exact) mass is 287 g/mol. The number of carbonyl (C=O) groups is 1. The molecule has 0 saturated heterocycles. The van der Waals surface area contributed by atoms with E-state index < -0.39 is 16.7 Å². The van der Waals surface area contributed by atoms with Gasteiger partial charge < -0.3 is 10.2 Å². The number of para-hydroxylation sites is 2. The van der Waals surface area contributed by atoms with Gasteiger partial charge in [0.25, 0.3) is 0 Å². The molecule has 0 fully saturated rings. The van der Waals surface area contributed by atoms with Crippen molar-refractivity contribution in [3.8, 4) is 0 Å². The van der Waals surface area contributed by atoms with E-state index in [4.69, 9.17) is 10.2 Å². The second-order valence-electron chi connectivity index (χ2n) is 4.59. The molecule has 0 aliphatic rings. The Balaban J connectivity index is 2.07. The van der Waals surface area contributed by atoms with E-state index in [-0.39, 0.29) is 11.5 Å². The third kappa shape index (κ3) is 2.32. The molecule has 2 aromatic carbocycles. The Morgan fingerprint density at radius 2 is 1.85 bits per heavy atom. The van der Waals surface area contributed by atoms with E-state index in [0.29, 0.717) is 0 Å². The second-order valence-corrected chi connectivity index (χ2v) is 6.04. The van der Waals surface area contributed by atoms with Gasteiger partial charge in [-0.2, -0.15) is 0 Å². The summed E-state index contributed by atoms with van der Waals surface area (Å²) in [5.41, 5.74) is 7.43. The highest BCUT2D eigenvalue weighted by Gasteiger charge is 2.13. The molecule has 0 aliphatic heterocycles. The zero-order chi connectivity index (χ0) is 14.1. The molecule has 20 heavy (non-hydrogen) atoms. The number of rotatable bonds is 4. The summed E-state index contributed by atoms with van der Waals surface area (Å²) >= 11 is 0. The molecule has 0 radical (unpaired) electrons. The predicted octanol–water partition coefficient (Wildman–Crippen LogP) is 2.32. The summed E-state index contributed by atoms with van der Waals surface area (Å²) in [7, 11) is -1.31. The van der Waals surface area contributed by atoms with Gasteiger partial charge in [0.15, 0.2) is 0 Å². The van der Waals surface area contributed by atoms with Crippen LogP contribution in [0.15, 0.2) is 46.9 Å². The van der Waals surface area contributed by atoms with Crippen molar-refractivity contribution in [1.29, 1.82) is 0 Å². The Kier molecular flexibility index (Phi) is 3.28. The summed E-state index contributed by atoms with van der Waals surface area (Å²) in [6, 6.07) is 13.5. The maximum absolute atomic E-state index is 11.9. The second kappa shape index (κ2) is 5.09. The fourth-order valence-electron chi connectivity index (χ4n) is 2.30. The summed E-state index contributed by atoms with van der Waals surface area (Å²) in [5, 5.41) is 2.03. The molecule has 4 nitrogen and oxygen atoms in total. The highest BCUT2D eigenvalue weighted by molar-refractivity contribution is 7.84. The molecule has 3 aromatic rings. The summed E-state index contributed by atoms with van der Waals surface area (Å²) in [6.45, 7) is 0. The quantitative estimate of drug-likeness (QED) is 0.800. The zero-order valence-corrected chi connectivity index (χ0v) is 11.5. The molecule has 0 spiro atoms. The number of amides is 1. The van der Waals surface area contributed by atoms with Gasteiger partial charge in [0, 0.05) is 27.1 Å². The molecule has 1 atom stereocenters. The molecule has 102 valence electrons. The van der Waals surface area contributed by atoms with Gasteiger partial charge in [0.2, 0.25) is 5.91 Å². The van der Waals surface area contributed by atoms with Gasteiger partial charge in [-0.05, 0) is 6.07 Å². The Morgan fingerprint density at radius 3 is 2.65 bits per heavy atom. The summed E-state index contributed by atoms with van der Waals surface area (Å²) in [4.78, 5) is 10.8. The van der Waals surface area contributed by atoms with Gasteiger partial charge in [-0.25, -0.2) is 0 Å². The SMILES string of the molecule is NC(=O)C[S@@](=O)Cc1cccc2c1oc1ccccc12. The van der Waals surface area contributed by atoms with Gasteiger partial charge in [-0.3, -0.25) is 9.00 Å². The van der Waals surface area contributed by atoms with E-state index in [0.717, 1.165) is 27.5 Å². The van der Waals surface area contributed by atoms with E-state index in [1.54, 1.807) is 0 Å². The third-order valence-corrected chi connectivity index (χ3v) is 4.35. The van der Waals surface area contributed by atoms with E-state index >= 15 is 0 Å². The van der Waals surface area contributed by atoms with Crippen LogP contribution >= 0.6 is 0 Å². The van der Waals surface area contributed by atoms with Crippen LogP contribution in [0.25, 0.3) is 21.9 Å². The van der Waals surface area contributed by atoms with Crippen LogP contribution in [0.2, 0.25) is 0 Å². The Hall–Kier alpha value is -2.14. The van der Waals surface area contributed by atoms with Crippen molar-refractivity contribution in [3.05, 3.63) is 48.0 Å². The fourth-order valence-corrected chi connectivity index (χ4v) is 3.30. The number of carbonyl (C=O) groups excluding carboxylic acids is 1. The first-order chi connectivity index (χ1) is 9.65. The molecule has 1 aromatic heterocycles. The van der Waals surface area contributed by atoms with Crippen molar-refractivity contribution in [2.24, 2.45) is 5.73 Å². The van der Waals surface area contributed by atoms with Crippen LogP contribution < -0.4 is 5.73 Å². The van der Waals surface area contributed by atoms with Gasteiger partial charge in [-0.15, -0.1) is 0 Å². The smallest absolute Gasteiger partial charge is 0.230 e. The van der Waals surface area contributed by atoms with Crippen LogP contribution in [0.5, 0.6) is 0 Å². The van der Waals surface area contributed by atoms with E-state index in [1.807, 2.05) is 42.5 Å². The maximum atomic E-state index is 11.9. The molecule has 1 amide bonds. The average molecular weight is 287 g/mol. The van der Waals surface area contributed by atoms with Crippen molar-refractivity contribution in [3.63, 3.8) is 0 Å². The normalized spacial score (nSPS) is 12.8. The molecule has 2 N–H and O–H groups in total. The number of furan rings is 1. The van der Waals surface area contributed by atoms with Crippen LogP contribution in [0.1, 0.15) is 5.56 Å². The predicted molar refractivity (Wildman–Crippen MR) is 79.6 cm³/mol. The summed E-state index contributed by atoms with van der Waals surface area (Å²) in [5.74, 6) is -0.420. The molecular formula is C15H13NO3S. The minimum atomic E-state index is -1.31. The first kappa shape index (κ1) is 12.9. The largest absolute Gasteiger partial charge is 0.456 e. The van der Waals surface area contributed by atoms with Gasteiger partial charge in [-0.1, -0.05) is 36.4 Å². The zero-order valence-electron chi connectivity index (χ0n) is 10.7. The maximum Gasteiger partial charge on any atom is 0.230 e. The Labute approximate surface area is 118 Å². The van der Waals surface area contributed by atoms with E-state index in [2.05, 4.69) is 0 Å². The molecule has 0 saturated carbocycles. The number of hydrogen-bond acceptors (Lipinski definition) is 3. The lowest BCUT2D eigenvalue weighted by Crippen LogP contribution is -2.20. The van der Waals surface area contributed by atoms with Crippen molar-refractivity contribution in [2.45, 2.75) is 5.75 Å². The minimum Gasteiger partial charge on any atom is -0.456 e. The number of nitrogens with two attached hydrogens (primary N) is 1. The number of hydrogen-bond donors (Lipinski definition) is 1. The van der Waals surface area contributed by atoms with E-state index in [1.165, 1.54) is 0 Å².